The number of fused-ring (bicyclic) bond motifs is 1. The zero-order valence-corrected chi connectivity index (χ0v) is 8.39. The molecule has 1 N–H and O–H groups in total. The highest BCUT2D eigenvalue weighted by Crippen LogP contribution is 2.36. The number of carbonyl (C=O) groups is 1. The second kappa shape index (κ2) is 2.92. The van der Waals surface area contributed by atoms with Crippen LogP contribution >= 0.6 is 0 Å². The van der Waals surface area contributed by atoms with Crippen molar-refractivity contribution in [2.75, 3.05) is 0 Å². The van der Waals surface area contributed by atoms with Crippen LogP contribution in [0.4, 0.5) is 0 Å². The molecule has 0 aliphatic carbocycles. The van der Waals surface area contributed by atoms with Crippen LogP contribution in [0.2, 0.25) is 0 Å². The molecular weight excluding hydrogens is 188 g/mol. The second-order valence-corrected chi connectivity index (χ2v) is 4.16. The lowest BCUT2D eigenvalue weighted by Gasteiger charge is -2.22. The number of esters is 1. The van der Waals surface area contributed by atoms with Gasteiger partial charge in [0, 0.05) is 0 Å². The van der Waals surface area contributed by atoms with E-state index in [9.17, 15) is 9.90 Å². The van der Waals surface area contributed by atoms with E-state index >= 15 is 0 Å². The minimum absolute atomic E-state index is 0.452. The number of cyclic esters (lactones) is 1. The van der Waals surface area contributed by atoms with Crippen molar-refractivity contribution in [1.29, 1.82) is 0 Å². The minimum Gasteiger partial charge on any atom is -0.455 e. The van der Waals surface area contributed by atoms with Gasteiger partial charge in [-0.15, -0.1) is 0 Å². The molecule has 2 aliphatic heterocycles. The van der Waals surface area contributed by atoms with Gasteiger partial charge in [-0.2, -0.15) is 0 Å². The highest BCUT2D eigenvalue weighted by atomic mass is 16.8. The lowest BCUT2D eigenvalue weighted by atomic mass is 10.1. The number of hydrogen-bond acceptors (Lipinski definition) is 5. The summed E-state index contributed by atoms with van der Waals surface area (Å²) in [4.78, 5) is 11.3. The van der Waals surface area contributed by atoms with E-state index < -0.39 is 36.2 Å². The summed E-state index contributed by atoms with van der Waals surface area (Å²) in [5.74, 6) is -1.23. The molecule has 0 radical (unpaired) electrons. The van der Waals surface area contributed by atoms with E-state index in [0.29, 0.717) is 0 Å². The Balaban J connectivity index is 2.19. The smallest absolute Gasteiger partial charge is 0.338 e. The van der Waals surface area contributed by atoms with Gasteiger partial charge in [0.05, 0.1) is 6.10 Å². The molecule has 5 nitrogen and oxygen atoms in total. The maximum absolute atomic E-state index is 11.3. The molecular formula is C9H14O5. The van der Waals surface area contributed by atoms with Crippen LogP contribution in [0.1, 0.15) is 20.8 Å². The van der Waals surface area contributed by atoms with E-state index in [1.807, 2.05) is 0 Å². The molecule has 0 aromatic carbocycles. The average molecular weight is 202 g/mol. The van der Waals surface area contributed by atoms with Crippen molar-refractivity contribution in [3.63, 3.8) is 0 Å². The van der Waals surface area contributed by atoms with Gasteiger partial charge in [-0.3, -0.25) is 0 Å². The number of carbonyl (C=O) groups excluding carboxylic acids is 1. The van der Waals surface area contributed by atoms with Crippen LogP contribution in [-0.4, -0.2) is 41.3 Å². The largest absolute Gasteiger partial charge is 0.455 e. The molecule has 0 unspecified atom stereocenters. The highest BCUT2D eigenvalue weighted by Gasteiger charge is 2.57. The molecule has 2 heterocycles. The van der Waals surface area contributed by atoms with Gasteiger partial charge < -0.3 is 19.3 Å². The van der Waals surface area contributed by atoms with Crippen LogP contribution in [0, 0.1) is 0 Å². The molecule has 0 amide bonds. The predicted molar refractivity (Wildman–Crippen MR) is 45.4 cm³/mol. The quantitative estimate of drug-likeness (QED) is 0.597. The van der Waals surface area contributed by atoms with Crippen molar-refractivity contribution in [1.82, 2.24) is 0 Å². The molecule has 0 aromatic rings. The lowest BCUT2D eigenvalue weighted by molar-refractivity contribution is -0.192. The van der Waals surface area contributed by atoms with Crippen LogP contribution in [0.3, 0.4) is 0 Å². The van der Waals surface area contributed by atoms with Gasteiger partial charge in [0.2, 0.25) is 0 Å². The first-order valence-corrected chi connectivity index (χ1v) is 4.65. The van der Waals surface area contributed by atoms with E-state index in [4.69, 9.17) is 14.2 Å². The van der Waals surface area contributed by atoms with Crippen molar-refractivity contribution in [2.24, 2.45) is 0 Å². The molecule has 0 bridgehead atoms. The van der Waals surface area contributed by atoms with Crippen molar-refractivity contribution in [3.05, 3.63) is 0 Å². The Labute approximate surface area is 81.9 Å². The van der Waals surface area contributed by atoms with Crippen LogP contribution in [0.25, 0.3) is 0 Å². The van der Waals surface area contributed by atoms with Crippen LogP contribution in [0.15, 0.2) is 0 Å². The number of aliphatic hydroxyl groups is 1. The van der Waals surface area contributed by atoms with Crippen LogP contribution in [0.5, 0.6) is 0 Å². The van der Waals surface area contributed by atoms with E-state index in [2.05, 4.69) is 0 Å². The normalized spacial score (nSPS) is 42.0. The SMILES string of the molecule is C[C@H](O)[C@H]1OC(=O)[C@@H]2OC(C)(C)O[C@H]12. The predicted octanol–water partition coefficient (Wildman–Crippen LogP) is -0.187. The third kappa shape index (κ3) is 1.41. The van der Waals surface area contributed by atoms with E-state index in [-0.39, 0.29) is 0 Å². The standard InChI is InChI=1S/C9H14O5/c1-4(10)5-6-7(8(11)12-5)14-9(2,3)13-6/h4-7,10H,1-3H3/t4-,5+,6+,7+/m0/s1. The minimum atomic E-state index is -0.776. The molecule has 14 heavy (non-hydrogen) atoms. The van der Waals surface area contributed by atoms with Gasteiger partial charge in [0.15, 0.2) is 18.0 Å². The summed E-state index contributed by atoms with van der Waals surface area (Å²) < 4.78 is 15.8. The Hall–Kier alpha value is -0.650. The fraction of sp³-hybridized carbons (Fsp3) is 0.889. The van der Waals surface area contributed by atoms with E-state index in [1.54, 1.807) is 20.8 Å². The Morgan fingerprint density at radius 2 is 2.07 bits per heavy atom. The third-order valence-electron chi connectivity index (χ3n) is 2.41. The summed E-state index contributed by atoms with van der Waals surface area (Å²) in [6, 6.07) is 0. The Morgan fingerprint density at radius 1 is 1.43 bits per heavy atom. The van der Waals surface area contributed by atoms with Crippen molar-refractivity contribution in [3.8, 4) is 0 Å². The van der Waals surface area contributed by atoms with Gasteiger partial charge in [-0.25, -0.2) is 4.79 Å². The molecule has 4 atom stereocenters. The summed E-state index contributed by atoms with van der Waals surface area (Å²) >= 11 is 0. The maximum Gasteiger partial charge on any atom is 0.338 e. The topological polar surface area (TPSA) is 65.0 Å². The summed E-state index contributed by atoms with van der Waals surface area (Å²) in [5.41, 5.74) is 0. The molecule has 0 saturated carbocycles. The first-order chi connectivity index (χ1) is 6.41. The fourth-order valence-corrected chi connectivity index (χ4v) is 1.85. The Kier molecular flexibility index (Phi) is 2.06. The zero-order valence-electron chi connectivity index (χ0n) is 8.39. The van der Waals surface area contributed by atoms with Crippen molar-refractivity contribution < 1.29 is 24.1 Å². The van der Waals surface area contributed by atoms with Gasteiger partial charge in [0.1, 0.15) is 6.10 Å². The van der Waals surface area contributed by atoms with Gasteiger partial charge in [-0.05, 0) is 20.8 Å². The number of aliphatic hydroxyl groups excluding tert-OH is 1. The maximum atomic E-state index is 11.3. The summed E-state index contributed by atoms with van der Waals surface area (Å²) in [5, 5.41) is 9.37. The summed E-state index contributed by atoms with van der Waals surface area (Å²) in [6.07, 6.45) is -2.54. The van der Waals surface area contributed by atoms with Crippen LogP contribution < -0.4 is 0 Å². The summed E-state index contributed by atoms with van der Waals surface area (Å²) in [6.45, 7) is 5.03. The van der Waals surface area contributed by atoms with Gasteiger partial charge in [-0.1, -0.05) is 0 Å². The second-order valence-electron chi connectivity index (χ2n) is 4.16. The first kappa shape index (κ1) is 9.89. The van der Waals surface area contributed by atoms with E-state index in [1.165, 1.54) is 0 Å². The number of rotatable bonds is 1. The van der Waals surface area contributed by atoms with Crippen LogP contribution in [-0.2, 0) is 19.0 Å². The summed E-state index contributed by atoms with van der Waals surface area (Å²) in [7, 11) is 0. The average Bonchev–Trinajstić information content (AvgIpc) is 2.47. The van der Waals surface area contributed by atoms with Crippen molar-refractivity contribution >= 4 is 5.97 Å². The lowest BCUT2D eigenvalue weighted by Crippen LogP contribution is -2.36. The fourth-order valence-electron chi connectivity index (χ4n) is 1.85. The van der Waals surface area contributed by atoms with Gasteiger partial charge >= 0.3 is 5.97 Å². The highest BCUT2D eigenvalue weighted by molar-refractivity contribution is 5.78. The third-order valence-corrected chi connectivity index (χ3v) is 2.41. The first-order valence-electron chi connectivity index (χ1n) is 4.65. The Morgan fingerprint density at radius 3 is 2.64 bits per heavy atom. The molecule has 80 valence electrons. The molecule has 5 heteroatoms. The monoisotopic (exact) mass is 202 g/mol. The van der Waals surface area contributed by atoms with Crippen molar-refractivity contribution in [2.45, 2.75) is 51.0 Å². The molecule has 0 spiro atoms. The number of ether oxygens (including phenoxy) is 3. The van der Waals surface area contributed by atoms with E-state index in [0.717, 1.165) is 0 Å². The molecule has 2 saturated heterocycles. The molecule has 2 aliphatic rings. The zero-order chi connectivity index (χ0) is 10.5. The van der Waals surface area contributed by atoms with Gasteiger partial charge in [0.25, 0.3) is 0 Å². The molecule has 2 rings (SSSR count). The number of hydrogen-bond donors (Lipinski definition) is 1. The molecule has 2 fully saturated rings. The molecule has 0 aromatic heterocycles. The Bertz CT molecular complexity index is 260.